The standard InChI is InChI=1S/C29H17N3O3/c33-28-19-9-3-4-11-22(19)35-29(34)25(28)24-23-20(12-13-21-27(23)31-15-14-30-21)32-26(24)18-10-5-7-16-6-1-2-8-17(16)18/h1-15,32-33H. The summed E-state index contributed by atoms with van der Waals surface area (Å²) in [5, 5.41) is 14.7. The Morgan fingerprint density at radius 1 is 0.771 bits per heavy atom. The highest BCUT2D eigenvalue weighted by Crippen LogP contribution is 2.45. The molecule has 3 aromatic heterocycles. The van der Waals surface area contributed by atoms with Gasteiger partial charge < -0.3 is 14.5 Å². The molecule has 0 amide bonds. The smallest absolute Gasteiger partial charge is 0.348 e. The van der Waals surface area contributed by atoms with Crippen molar-refractivity contribution in [3.8, 4) is 28.1 Å². The lowest BCUT2D eigenvalue weighted by atomic mass is 9.94. The SMILES string of the molecule is O=c1oc2ccccc2c(O)c1-c1c(-c2cccc3ccccc23)[nH]c2ccc3nccnc3c12. The second kappa shape index (κ2) is 7.27. The van der Waals surface area contributed by atoms with Gasteiger partial charge in [0.05, 0.1) is 22.1 Å². The monoisotopic (exact) mass is 455 g/mol. The van der Waals surface area contributed by atoms with Gasteiger partial charge in [0.2, 0.25) is 0 Å². The molecule has 0 saturated heterocycles. The lowest BCUT2D eigenvalue weighted by molar-refractivity contribution is 0.471. The fourth-order valence-electron chi connectivity index (χ4n) is 4.97. The van der Waals surface area contributed by atoms with Gasteiger partial charge in [-0.2, -0.15) is 0 Å². The van der Waals surface area contributed by atoms with Crippen LogP contribution < -0.4 is 5.63 Å². The van der Waals surface area contributed by atoms with E-state index < -0.39 is 5.63 Å². The van der Waals surface area contributed by atoms with Gasteiger partial charge in [-0.15, -0.1) is 0 Å². The van der Waals surface area contributed by atoms with Gasteiger partial charge in [0.25, 0.3) is 0 Å². The van der Waals surface area contributed by atoms with Crippen molar-refractivity contribution in [1.82, 2.24) is 15.0 Å². The number of nitrogens with one attached hydrogen (secondary N) is 1. The lowest BCUT2D eigenvalue weighted by Crippen LogP contribution is -2.04. The van der Waals surface area contributed by atoms with E-state index in [0.717, 1.165) is 21.9 Å². The molecule has 6 heteroatoms. The molecule has 0 radical (unpaired) electrons. The number of nitrogens with zero attached hydrogens (tertiary/aromatic N) is 2. The first-order valence-corrected chi connectivity index (χ1v) is 11.2. The van der Waals surface area contributed by atoms with E-state index in [9.17, 15) is 9.90 Å². The van der Waals surface area contributed by atoms with E-state index in [1.54, 1.807) is 36.7 Å². The molecular weight excluding hydrogens is 438 g/mol. The molecular formula is C29H17N3O3. The number of aromatic amines is 1. The zero-order valence-corrected chi connectivity index (χ0v) is 18.3. The van der Waals surface area contributed by atoms with Gasteiger partial charge in [-0.25, -0.2) is 4.79 Å². The van der Waals surface area contributed by atoms with E-state index in [2.05, 4.69) is 15.0 Å². The van der Waals surface area contributed by atoms with E-state index in [1.165, 1.54) is 0 Å². The average Bonchev–Trinajstić information content (AvgIpc) is 3.28. The van der Waals surface area contributed by atoms with Gasteiger partial charge in [-0.1, -0.05) is 54.6 Å². The second-order valence-corrected chi connectivity index (χ2v) is 8.42. The van der Waals surface area contributed by atoms with Crippen LogP contribution in [-0.2, 0) is 0 Å². The van der Waals surface area contributed by atoms with Crippen molar-refractivity contribution < 1.29 is 9.52 Å². The molecule has 7 rings (SSSR count). The summed E-state index contributed by atoms with van der Waals surface area (Å²) in [4.78, 5) is 26.0. The van der Waals surface area contributed by atoms with E-state index in [1.807, 2.05) is 54.6 Å². The maximum absolute atomic E-state index is 13.4. The molecule has 0 aliphatic rings. The van der Waals surface area contributed by atoms with Gasteiger partial charge in [-0.3, -0.25) is 9.97 Å². The molecule has 0 spiro atoms. The minimum absolute atomic E-state index is 0.0936. The highest BCUT2D eigenvalue weighted by Gasteiger charge is 2.26. The summed E-state index contributed by atoms with van der Waals surface area (Å²) in [6, 6.07) is 24.9. The molecule has 4 aromatic carbocycles. The first kappa shape index (κ1) is 19.5. The molecule has 2 N–H and O–H groups in total. The van der Waals surface area contributed by atoms with Crippen molar-refractivity contribution >= 4 is 43.7 Å². The lowest BCUT2D eigenvalue weighted by Gasteiger charge is -2.11. The third-order valence-electron chi connectivity index (χ3n) is 6.49. The van der Waals surface area contributed by atoms with Crippen LogP contribution in [-0.4, -0.2) is 20.1 Å². The first-order valence-electron chi connectivity index (χ1n) is 11.2. The molecule has 0 aliphatic carbocycles. The number of aromatic hydroxyl groups is 1. The Labute approximate surface area is 198 Å². The van der Waals surface area contributed by atoms with Crippen LogP contribution in [0.4, 0.5) is 0 Å². The molecule has 3 heterocycles. The fourth-order valence-corrected chi connectivity index (χ4v) is 4.97. The van der Waals surface area contributed by atoms with Gasteiger partial charge in [0, 0.05) is 34.4 Å². The molecule has 6 nitrogen and oxygen atoms in total. The molecule has 0 unspecified atom stereocenters. The maximum atomic E-state index is 13.4. The topological polar surface area (TPSA) is 92.0 Å². The quantitative estimate of drug-likeness (QED) is 0.294. The summed E-state index contributed by atoms with van der Waals surface area (Å²) >= 11 is 0. The Morgan fingerprint density at radius 3 is 2.46 bits per heavy atom. The predicted octanol–water partition coefficient (Wildman–Crippen LogP) is 6.41. The summed E-state index contributed by atoms with van der Waals surface area (Å²) in [5.41, 5.74) is 4.05. The van der Waals surface area contributed by atoms with Gasteiger partial charge in [0.15, 0.2) is 0 Å². The highest BCUT2D eigenvalue weighted by molar-refractivity contribution is 6.18. The number of para-hydroxylation sites is 1. The van der Waals surface area contributed by atoms with Crippen LogP contribution in [0.25, 0.3) is 66.1 Å². The van der Waals surface area contributed by atoms with Crippen LogP contribution in [0.5, 0.6) is 5.75 Å². The Balaban J connectivity index is 1.72. The van der Waals surface area contributed by atoms with Crippen molar-refractivity contribution in [3.63, 3.8) is 0 Å². The van der Waals surface area contributed by atoms with Crippen LogP contribution in [0.2, 0.25) is 0 Å². The minimum Gasteiger partial charge on any atom is -0.506 e. The Bertz CT molecular complexity index is 2000. The van der Waals surface area contributed by atoms with Gasteiger partial charge in [-0.05, 0) is 35.0 Å². The van der Waals surface area contributed by atoms with E-state index in [-0.39, 0.29) is 11.3 Å². The Morgan fingerprint density at radius 2 is 1.54 bits per heavy atom. The summed E-state index contributed by atoms with van der Waals surface area (Å²) < 4.78 is 5.67. The summed E-state index contributed by atoms with van der Waals surface area (Å²) in [5.74, 6) is -0.125. The Kier molecular flexibility index (Phi) is 4.05. The van der Waals surface area contributed by atoms with Crippen molar-refractivity contribution in [3.05, 3.63) is 102 Å². The van der Waals surface area contributed by atoms with Crippen molar-refractivity contribution in [2.75, 3.05) is 0 Å². The van der Waals surface area contributed by atoms with Crippen LogP contribution in [0.1, 0.15) is 0 Å². The van der Waals surface area contributed by atoms with Gasteiger partial charge in [0.1, 0.15) is 16.9 Å². The fraction of sp³-hybridized carbons (Fsp3) is 0. The molecule has 0 atom stereocenters. The van der Waals surface area contributed by atoms with E-state index in [4.69, 9.17) is 4.42 Å². The highest BCUT2D eigenvalue weighted by atomic mass is 16.4. The third-order valence-corrected chi connectivity index (χ3v) is 6.49. The van der Waals surface area contributed by atoms with Gasteiger partial charge >= 0.3 is 5.63 Å². The Hall–Kier alpha value is -4.97. The van der Waals surface area contributed by atoms with Crippen molar-refractivity contribution in [2.24, 2.45) is 0 Å². The minimum atomic E-state index is -0.621. The zero-order valence-electron chi connectivity index (χ0n) is 18.3. The van der Waals surface area contributed by atoms with Crippen LogP contribution in [0.3, 0.4) is 0 Å². The van der Waals surface area contributed by atoms with E-state index >= 15 is 0 Å². The second-order valence-electron chi connectivity index (χ2n) is 8.42. The van der Waals surface area contributed by atoms with Crippen LogP contribution in [0.15, 0.2) is 100 Å². The molecule has 166 valence electrons. The molecule has 35 heavy (non-hydrogen) atoms. The van der Waals surface area contributed by atoms with Crippen molar-refractivity contribution in [2.45, 2.75) is 0 Å². The molecule has 0 fully saturated rings. The molecule has 0 bridgehead atoms. The number of benzene rings is 4. The normalized spacial score (nSPS) is 11.7. The summed E-state index contributed by atoms with van der Waals surface area (Å²) in [6.45, 7) is 0. The summed E-state index contributed by atoms with van der Waals surface area (Å²) in [7, 11) is 0. The number of H-pyrrole nitrogens is 1. The zero-order chi connectivity index (χ0) is 23.5. The molecule has 7 aromatic rings. The average molecular weight is 455 g/mol. The molecule has 0 aliphatic heterocycles. The van der Waals surface area contributed by atoms with Crippen molar-refractivity contribution in [1.29, 1.82) is 0 Å². The predicted molar refractivity (Wildman–Crippen MR) is 137 cm³/mol. The molecule has 0 saturated carbocycles. The number of hydrogen-bond acceptors (Lipinski definition) is 5. The maximum Gasteiger partial charge on any atom is 0.348 e. The number of rotatable bonds is 2. The third kappa shape index (κ3) is 2.80. The van der Waals surface area contributed by atoms with E-state index in [0.29, 0.717) is 38.6 Å². The number of aromatic nitrogens is 3. The van der Waals surface area contributed by atoms with Crippen LogP contribution >= 0.6 is 0 Å². The summed E-state index contributed by atoms with van der Waals surface area (Å²) in [6.07, 6.45) is 3.26. The first-order chi connectivity index (χ1) is 17.2. The van der Waals surface area contributed by atoms with Crippen LogP contribution in [0, 0.1) is 0 Å². The number of hydrogen-bond donors (Lipinski definition) is 2. The number of fused-ring (bicyclic) bond motifs is 5. The largest absolute Gasteiger partial charge is 0.506 e.